The number of nitrogens with two attached hydrogens (primary N) is 1. The summed E-state index contributed by atoms with van der Waals surface area (Å²) < 4.78 is 0. The Labute approximate surface area is 89.8 Å². The van der Waals surface area contributed by atoms with Gasteiger partial charge in [-0.05, 0) is 31.1 Å². The lowest BCUT2D eigenvalue weighted by atomic mass is 9.79. The molecule has 1 aliphatic carbocycles. The van der Waals surface area contributed by atoms with Crippen molar-refractivity contribution in [1.82, 2.24) is 10.7 Å². The van der Waals surface area contributed by atoms with Crippen LogP contribution in [0.5, 0.6) is 0 Å². The van der Waals surface area contributed by atoms with E-state index in [-0.39, 0.29) is 6.04 Å². The Kier molecular flexibility index (Phi) is 4.08. The molecule has 3 unspecified atom stereocenters. The smallest absolute Gasteiger partial charge is 0.323 e. The largest absolute Gasteiger partial charge is 0.345 e. The Morgan fingerprint density at radius 3 is 2.33 bits per heavy atom. The van der Waals surface area contributed by atoms with Gasteiger partial charge in [-0.15, -0.1) is 0 Å². The first-order chi connectivity index (χ1) is 7.04. The predicted octanol–water partition coefficient (Wildman–Crippen LogP) is -0.0828. The van der Waals surface area contributed by atoms with Crippen LogP contribution in [0.2, 0.25) is 0 Å². The van der Waals surface area contributed by atoms with Gasteiger partial charge in [-0.1, -0.05) is 13.8 Å². The van der Waals surface area contributed by atoms with Crippen LogP contribution in [0.4, 0.5) is 0 Å². The fourth-order valence-corrected chi connectivity index (χ4v) is 2.00. The summed E-state index contributed by atoms with van der Waals surface area (Å²) in [6.07, 6.45) is 2.97. The quantitative estimate of drug-likeness (QED) is 0.246. The second-order valence-electron chi connectivity index (χ2n) is 4.41. The molecule has 0 spiro atoms. The number of hydrogen-bond donors (Lipinski definition) is 3. The third-order valence-corrected chi connectivity index (χ3v) is 3.27. The van der Waals surface area contributed by atoms with Crippen molar-refractivity contribution in [2.24, 2.45) is 17.7 Å². The number of nitrogens with one attached hydrogen (secondary N) is 2. The van der Waals surface area contributed by atoms with Gasteiger partial charge >= 0.3 is 11.8 Å². The maximum Gasteiger partial charge on any atom is 0.323 e. The molecule has 1 fully saturated rings. The first kappa shape index (κ1) is 12.0. The van der Waals surface area contributed by atoms with Gasteiger partial charge in [0.05, 0.1) is 0 Å². The van der Waals surface area contributed by atoms with Crippen LogP contribution >= 0.6 is 0 Å². The highest BCUT2D eigenvalue weighted by Gasteiger charge is 2.26. The minimum atomic E-state index is -0.777. The third-order valence-electron chi connectivity index (χ3n) is 3.27. The van der Waals surface area contributed by atoms with Crippen LogP contribution in [0.15, 0.2) is 0 Å². The van der Waals surface area contributed by atoms with Gasteiger partial charge in [-0.25, -0.2) is 5.84 Å². The monoisotopic (exact) mass is 213 g/mol. The number of carbonyl (C=O) groups is 2. The maximum atomic E-state index is 11.2. The van der Waals surface area contributed by atoms with E-state index in [4.69, 9.17) is 5.84 Å². The highest BCUT2D eigenvalue weighted by Crippen LogP contribution is 2.29. The molecule has 4 N–H and O–H groups in total. The molecule has 15 heavy (non-hydrogen) atoms. The molecule has 0 bridgehead atoms. The van der Waals surface area contributed by atoms with Gasteiger partial charge < -0.3 is 5.32 Å². The van der Waals surface area contributed by atoms with E-state index in [1.807, 2.05) is 5.43 Å². The summed E-state index contributed by atoms with van der Waals surface area (Å²) in [5.41, 5.74) is 1.82. The fraction of sp³-hybridized carbons (Fsp3) is 0.800. The SMILES string of the molecule is CC1CCC(NC(=O)C(=O)NN)CC1C. The molecule has 0 aliphatic heterocycles. The van der Waals surface area contributed by atoms with Crippen molar-refractivity contribution in [2.45, 2.75) is 39.2 Å². The van der Waals surface area contributed by atoms with Gasteiger partial charge in [0, 0.05) is 6.04 Å². The molecule has 86 valence electrons. The van der Waals surface area contributed by atoms with Crippen molar-refractivity contribution in [3.05, 3.63) is 0 Å². The van der Waals surface area contributed by atoms with E-state index in [0.29, 0.717) is 11.8 Å². The average Bonchev–Trinajstić information content (AvgIpc) is 2.22. The number of rotatable bonds is 1. The van der Waals surface area contributed by atoms with Crippen molar-refractivity contribution >= 4 is 11.8 Å². The lowest BCUT2D eigenvalue weighted by molar-refractivity contribution is -0.139. The number of carbonyl (C=O) groups excluding carboxylic acids is 2. The molecule has 3 atom stereocenters. The maximum absolute atomic E-state index is 11.2. The van der Waals surface area contributed by atoms with E-state index in [0.717, 1.165) is 19.3 Å². The second-order valence-corrected chi connectivity index (χ2v) is 4.41. The molecule has 0 saturated heterocycles. The predicted molar refractivity (Wildman–Crippen MR) is 56.4 cm³/mol. The number of amides is 2. The molecular weight excluding hydrogens is 194 g/mol. The van der Waals surface area contributed by atoms with E-state index >= 15 is 0 Å². The lowest BCUT2D eigenvalue weighted by Gasteiger charge is -2.32. The zero-order chi connectivity index (χ0) is 11.4. The van der Waals surface area contributed by atoms with Crippen LogP contribution in [0.1, 0.15) is 33.1 Å². The summed E-state index contributed by atoms with van der Waals surface area (Å²) in [4.78, 5) is 22.1. The first-order valence-electron chi connectivity index (χ1n) is 5.36. The van der Waals surface area contributed by atoms with Crippen LogP contribution < -0.4 is 16.6 Å². The average molecular weight is 213 g/mol. The van der Waals surface area contributed by atoms with Gasteiger partial charge in [-0.3, -0.25) is 15.0 Å². The summed E-state index contributed by atoms with van der Waals surface area (Å²) in [5, 5.41) is 2.69. The van der Waals surface area contributed by atoms with E-state index in [1.54, 1.807) is 0 Å². The van der Waals surface area contributed by atoms with Crippen molar-refractivity contribution < 1.29 is 9.59 Å². The Morgan fingerprint density at radius 1 is 1.13 bits per heavy atom. The molecule has 0 radical (unpaired) electrons. The van der Waals surface area contributed by atoms with Crippen molar-refractivity contribution in [3.8, 4) is 0 Å². The Hall–Kier alpha value is -1.10. The van der Waals surface area contributed by atoms with Gasteiger partial charge in [0.2, 0.25) is 0 Å². The summed E-state index contributed by atoms with van der Waals surface area (Å²) in [6.45, 7) is 4.39. The highest BCUT2D eigenvalue weighted by atomic mass is 16.2. The van der Waals surface area contributed by atoms with E-state index in [2.05, 4.69) is 19.2 Å². The lowest BCUT2D eigenvalue weighted by Crippen LogP contribution is -2.48. The van der Waals surface area contributed by atoms with Crippen molar-refractivity contribution in [1.29, 1.82) is 0 Å². The van der Waals surface area contributed by atoms with Crippen LogP contribution in [0.25, 0.3) is 0 Å². The number of hydrazine groups is 1. The normalized spacial score (nSPS) is 30.7. The van der Waals surface area contributed by atoms with Gasteiger partial charge in [-0.2, -0.15) is 0 Å². The van der Waals surface area contributed by atoms with Crippen LogP contribution in [0, 0.1) is 11.8 Å². The van der Waals surface area contributed by atoms with Gasteiger partial charge in [0.1, 0.15) is 0 Å². The van der Waals surface area contributed by atoms with Crippen LogP contribution in [-0.4, -0.2) is 17.9 Å². The molecule has 1 saturated carbocycles. The molecule has 1 rings (SSSR count). The standard InChI is InChI=1S/C10H19N3O2/c1-6-3-4-8(5-7(6)2)12-9(14)10(15)13-11/h6-8H,3-5,11H2,1-2H3,(H,12,14)(H,13,15). The molecule has 0 aromatic carbocycles. The van der Waals surface area contributed by atoms with Gasteiger partial charge in [0.25, 0.3) is 0 Å². The first-order valence-corrected chi connectivity index (χ1v) is 5.36. The fourth-order valence-electron chi connectivity index (χ4n) is 2.00. The minimum absolute atomic E-state index is 0.112. The Balaban J connectivity index is 2.40. The minimum Gasteiger partial charge on any atom is -0.345 e. The highest BCUT2D eigenvalue weighted by molar-refractivity contribution is 6.34. The van der Waals surface area contributed by atoms with E-state index in [1.165, 1.54) is 0 Å². The van der Waals surface area contributed by atoms with E-state index in [9.17, 15) is 9.59 Å². The van der Waals surface area contributed by atoms with Crippen LogP contribution in [0.3, 0.4) is 0 Å². The topological polar surface area (TPSA) is 84.2 Å². The second kappa shape index (κ2) is 5.11. The summed E-state index contributed by atoms with van der Waals surface area (Å²) in [6, 6.07) is 0.112. The summed E-state index contributed by atoms with van der Waals surface area (Å²) in [7, 11) is 0. The van der Waals surface area contributed by atoms with E-state index < -0.39 is 11.8 Å². The van der Waals surface area contributed by atoms with Crippen molar-refractivity contribution in [3.63, 3.8) is 0 Å². The Bertz CT molecular complexity index is 255. The Morgan fingerprint density at radius 2 is 1.80 bits per heavy atom. The molecule has 0 aromatic rings. The summed E-state index contributed by atoms with van der Waals surface area (Å²) in [5.74, 6) is 4.74. The summed E-state index contributed by atoms with van der Waals surface area (Å²) >= 11 is 0. The van der Waals surface area contributed by atoms with Crippen molar-refractivity contribution in [2.75, 3.05) is 0 Å². The third kappa shape index (κ3) is 3.20. The molecular formula is C10H19N3O2. The zero-order valence-corrected chi connectivity index (χ0v) is 9.25. The van der Waals surface area contributed by atoms with Crippen LogP contribution in [-0.2, 0) is 9.59 Å². The molecule has 5 heteroatoms. The van der Waals surface area contributed by atoms with Gasteiger partial charge in [0.15, 0.2) is 0 Å². The number of hydrogen-bond acceptors (Lipinski definition) is 3. The molecule has 5 nitrogen and oxygen atoms in total. The molecule has 1 aliphatic rings. The molecule has 2 amide bonds. The zero-order valence-electron chi connectivity index (χ0n) is 9.25. The molecule has 0 heterocycles. The molecule has 0 aromatic heterocycles.